The van der Waals surface area contributed by atoms with E-state index in [1.807, 2.05) is 56.3 Å². The van der Waals surface area contributed by atoms with Gasteiger partial charge in [0.05, 0.1) is 7.11 Å². The molecule has 0 atom stereocenters. The summed E-state index contributed by atoms with van der Waals surface area (Å²) in [6, 6.07) is 15.3. The van der Waals surface area contributed by atoms with Crippen LogP contribution in [0, 0.1) is 13.8 Å². The van der Waals surface area contributed by atoms with Crippen molar-refractivity contribution in [2.45, 2.75) is 20.4 Å². The standard InChI is InChI=1S/C21H22N4O2/c1-14-8-9-15(2)17(10-14)25-21(26)18-11-20(24-13-23-18)22-12-16-6-4-5-7-19(16)27-3/h4-11,13H,12H2,1-3H3,(H,25,26)(H,22,23,24). The first-order chi connectivity index (χ1) is 13.1. The van der Waals surface area contributed by atoms with E-state index in [0.717, 1.165) is 28.1 Å². The summed E-state index contributed by atoms with van der Waals surface area (Å²) in [6.07, 6.45) is 1.38. The molecule has 2 aromatic carbocycles. The third kappa shape index (κ3) is 4.61. The molecule has 1 aromatic heterocycles. The quantitative estimate of drug-likeness (QED) is 0.694. The van der Waals surface area contributed by atoms with Gasteiger partial charge in [0.15, 0.2) is 0 Å². The molecule has 0 aliphatic carbocycles. The average Bonchev–Trinajstić information content (AvgIpc) is 2.69. The van der Waals surface area contributed by atoms with Crippen molar-refractivity contribution in [3.05, 3.63) is 77.2 Å². The molecule has 3 aromatic rings. The summed E-state index contributed by atoms with van der Waals surface area (Å²) in [7, 11) is 1.64. The summed E-state index contributed by atoms with van der Waals surface area (Å²) < 4.78 is 5.35. The van der Waals surface area contributed by atoms with E-state index in [4.69, 9.17) is 4.74 Å². The molecule has 1 amide bonds. The number of nitrogens with zero attached hydrogens (tertiary/aromatic N) is 2. The second kappa shape index (κ2) is 8.31. The molecule has 0 spiro atoms. The number of benzene rings is 2. The van der Waals surface area contributed by atoms with Crippen molar-refractivity contribution in [1.29, 1.82) is 0 Å². The van der Waals surface area contributed by atoms with Gasteiger partial charge in [-0.25, -0.2) is 9.97 Å². The van der Waals surface area contributed by atoms with Crippen molar-refractivity contribution >= 4 is 17.4 Å². The van der Waals surface area contributed by atoms with Crippen LogP contribution < -0.4 is 15.4 Å². The minimum atomic E-state index is -0.272. The molecule has 0 radical (unpaired) electrons. The number of ether oxygens (including phenoxy) is 1. The van der Waals surface area contributed by atoms with Crippen LogP contribution in [0.5, 0.6) is 5.75 Å². The zero-order valence-corrected chi connectivity index (χ0v) is 15.6. The Balaban J connectivity index is 1.71. The molecule has 27 heavy (non-hydrogen) atoms. The van der Waals surface area contributed by atoms with Crippen LogP contribution in [0.3, 0.4) is 0 Å². The lowest BCUT2D eigenvalue weighted by molar-refractivity contribution is 0.102. The van der Waals surface area contributed by atoms with E-state index in [1.165, 1.54) is 6.33 Å². The van der Waals surface area contributed by atoms with Crippen molar-refractivity contribution < 1.29 is 9.53 Å². The number of aryl methyl sites for hydroxylation is 2. The van der Waals surface area contributed by atoms with Crippen molar-refractivity contribution in [3.63, 3.8) is 0 Å². The van der Waals surface area contributed by atoms with Gasteiger partial charge in [0.2, 0.25) is 0 Å². The van der Waals surface area contributed by atoms with Gasteiger partial charge in [-0.15, -0.1) is 0 Å². The average molecular weight is 362 g/mol. The maximum Gasteiger partial charge on any atom is 0.274 e. The first kappa shape index (κ1) is 18.4. The van der Waals surface area contributed by atoms with E-state index in [-0.39, 0.29) is 5.91 Å². The van der Waals surface area contributed by atoms with E-state index in [9.17, 15) is 4.79 Å². The summed E-state index contributed by atoms with van der Waals surface area (Å²) in [4.78, 5) is 20.8. The molecule has 0 saturated heterocycles. The van der Waals surface area contributed by atoms with Crippen molar-refractivity contribution in [2.75, 3.05) is 17.7 Å². The van der Waals surface area contributed by atoms with Gasteiger partial charge in [0, 0.05) is 23.9 Å². The van der Waals surface area contributed by atoms with E-state index < -0.39 is 0 Å². The molecule has 0 fully saturated rings. The first-order valence-corrected chi connectivity index (χ1v) is 8.63. The zero-order chi connectivity index (χ0) is 19.2. The molecule has 1 heterocycles. The Labute approximate surface area is 158 Å². The number of aromatic nitrogens is 2. The summed E-state index contributed by atoms with van der Waals surface area (Å²) >= 11 is 0. The van der Waals surface area contributed by atoms with E-state index in [1.54, 1.807) is 13.2 Å². The van der Waals surface area contributed by atoms with Crippen LogP contribution in [0.4, 0.5) is 11.5 Å². The highest BCUT2D eigenvalue weighted by atomic mass is 16.5. The van der Waals surface area contributed by atoms with Gasteiger partial charge >= 0.3 is 0 Å². The number of anilines is 2. The molecular formula is C21H22N4O2. The SMILES string of the molecule is COc1ccccc1CNc1cc(C(=O)Nc2cc(C)ccc2C)ncn1. The molecule has 0 aliphatic rings. The largest absolute Gasteiger partial charge is 0.496 e. The van der Waals surface area contributed by atoms with Crippen LogP contribution in [0.25, 0.3) is 0 Å². The van der Waals surface area contributed by atoms with Gasteiger partial charge in [-0.1, -0.05) is 30.3 Å². The Kier molecular flexibility index (Phi) is 5.66. The molecule has 2 N–H and O–H groups in total. The highest BCUT2D eigenvalue weighted by Crippen LogP contribution is 2.19. The Morgan fingerprint density at radius 2 is 1.89 bits per heavy atom. The van der Waals surface area contributed by atoms with Gasteiger partial charge in [-0.05, 0) is 37.1 Å². The lowest BCUT2D eigenvalue weighted by atomic mass is 10.1. The van der Waals surface area contributed by atoms with Crippen molar-refractivity contribution in [3.8, 4) is 5.75 Å². The molecule has 6 heteroatoms. The lowest BCUT2D eigenvalue weighted by Crippen LogP contribution is -2.15. The Morgan fingerprint density at radius 3 is 2.70 bits per heavy atom. The minimum Gasteiger partial charge on any atom is -0.496 e. The molecule has 3 rings (SSSR count). The third-order valence-corrected chi connectivity index (χ3v) is 4.19. The fourth-order valence-corrected chi connectivity index (χ4v) is 2.67. The van der Waals surface area contributed by atoms with Crippen LogP contribution in [0.15, 0.2) is 54.9 Å². The predicted octanol–water partition coefficient (Wildman–Crippen LogP) is 3.97. The minimum absolute atomic E-state index is 0.272. The molecule has 0 bridgehead atoms. The number of hydrogen-bond donors (Lipinski definition) is 2. The number of amides is 1. The topological polar surface area (TPSA) is 76.1 Å². The predicted molar refractivity (Wildman–Crippen MR) is 106 cm³/mol. The van der Waals surface area contributed by atoms with E-state index >= 15 is 0 Å². The summed E-state index contributed by atoms with van der Waals surface area (Å²) in [5.41, 5.74) is 4.16. The van der Waals surface area contributed by atoms with E-state index in [2.05, 4.69) is 20.6 Å². The Hall–Kier alpha value is -3.41. The maximum absolute atomic E-state index is 12.6. The highest BCUT2D eigenvalue weighted by molar-refractivity contribution is 6.03. The van der Waals surface area contributed by atoms with Crippen LogP contribution in [-0.2, 0) is 6.54 Å². The summed E-state index contributed by atoms with van der Waals surface area (Å²) in [5, 5.41) is 6.11. The number of rotatable bonds is 6. The fourth-order valence-electron chi connectivity index (χ4n) is 2.67. The number of carbonyl (C=O) groups excluding carboxylic acids is 1. The fraction of sp³-hybridized carbons (Fsp3) is 0.190. The van der Waals surface area contributed by atoms with Crippen LogP contribution in [0.2, 0.25) is 0 Å². The molecule has 6 nitrogen and oxygen atoms in total. The van der Waals surface area contributed by atoms with Crippen molar-refractivity contribution in [2.24, 2.45) is 0 Å². The van der Waals surface area contributed by atoms with Gasteiger partial charge in [-0.3, -0.25) is 4.79 Å². The van der Waals surface area contributed by atoms with Crippen LogP contribution >= 0.6 is 0 Å². The Morgan fingerprint density at radius 1 is 1.07 bits per heavy atom. The summed E-state index contributed by atoms with van der Waals surface area (Å²) in [6.45, 7) is 4.47. The number of para-hydroxylation sites is 1. The van der Waals surface area contributed by atoms with Gasteiger partial charge in [0.25, 0.3) is 5.91 Å². The highest BCUT2D eigenvalue weighted by Gasteiger charge is 2.11. The molecule has 0 saturated carbocycles. The van der Waals surface area contributed by atoms with Crippen LogP contribution in [-0.4, -0.2) is 23.0 Å². The number of carbonyl (C=O) groups is 1. The van der Waals surface area contributed by atoms with Gasteiger partial charge in [-0.2, -0.15) is 0 Å². The van der Waals surface area contributed by atoms with Crippen molar-refractivity contribution in [1.82, 2.24) is 9.97 Å². The number of hydrogen-bond acceptors (Lipinski definition) is 5. The molecule has 0 unspecified atom stereocenters. The molecular weight excluding hydrogens is 340 g/mol. The molecule has 138 valence electrons. The monoisotopic (exact) mass is 362 g/mol. The van der Waals surface area contributed by atoms with Crippen LogP contribution in [0.1, 0.15) is 27.2 Å². The normalized spacial score (nSPS) is 10.3. The summed E-state index contributed by atoms with van der Waals surface area (Å²) in [5.74, 6) is 1.10. The second-order valence-electron chi connectivity index (χ2n) is 6.23. The van der Waals surface area contributed by atoms with Gasteiger partial charge < -0.3 is 15.4 Å². The maximum atomic E-state index is 12.6. The zero-order valence-electron chi connectivity index (χ0n) is 15.6. The van der Waals surface area contributed by atoms with Gasteiger partial charge in [0.1, 0.15) is 23.6 Å². The molecule has 0 aliphatic heterocycles. The lowest BCUT2D eigenvalue weighted by Gasteiger charge is -2.11. The Bertz CT molecular complexity index is 956. The smallest absolute Gasteiger partial charge is 0.274 e. The third-order valence-electron chi connectivity index (χ3n) is 4.19. The number of nitrogens with one attached hydrogen (secondary N) is 2. The first-order valence-electron chi connectivity index (χ1n) is 8.63. The second-order valence-corrected chi connectivity index (χ2v) is 6.23. The number of methoxy groups -OCH3 is 1. The van der Waals surface area contributed by atoms with E-state index in [0.29, 0.717) is 18.1 Å².